The van der Waals surface area contributed by atoms with Gasteiger partial charge in [-0.15, -0.1) is 0 Å². The van der Waals surface area contributed by atoms with Gasteiger partial charge in [-0.05, 0) is 40.0 Å². The Bertz CT molecular complexity index is 266. The zero-order valence-electron chi connectivity index (χ0n) is 12.9. The minimum atomic E-state index is 0.362. The number of nitrogens with zero attached hydrogens (tertiary/aromatic N) is 1. The minimum absolute atomic E-state index is 0.362. The first-order valence-corrected chi connectivity index (χ1v) is 8.01. The van der Waals surface area contributed by atoms with E-state index in [-0.39, 0.29) is 0 Å². The van der Waals surface area contributed by atoms with Gasteiger partial charge in [0.1, 0.15) is 0 Å². The molecule has 1 atom stereocenters. The molecule has 0 bridgehead atoms. The fourth-order valence-corrected chi connectivity index (χ4v) is 4.14. The lowest BCUT2D eigenvalue weighted by Gasteiger charge is -2.54. The first kappa shape index (κ1) is 14.3. The molecule has 1 saturated carbocycles. The molecular formula is C16H32N2. The van der Waals surface area contributed by atoms with Gasteiger partial charge in [0.2, 0.25) is 0 Å². The van der Waals surface area contributed by atoms with Gasteiger partial charge in [-0.25, -0.2) is 0 Å². The molecule has 0 radical (unpaired) electrons. The maximum Gasteiger partial charge on any atom is 0.0309 e. The second-order valence-corrected chi connectivity index (χ2v) is 7.26. The van der Waals surface area contributed by atoms with Crippen LogP contribution in [0.1, 0.15) is 72.6 Å². The lowest BCUT2D eigenvalue weighted by Crippen LogP contribution is -2.68. The summed E-state index contributed by atoms with van der Waals surface area (Å²) in [6.45, 7) is 12.0. The Labute approximate surface area is 114 Å². The van der Waals surface area contributed by atoms with E-state index in [2.05, 4.69) is 37.9 Å². The van der Waals surface area contributed by atoms with Crippen LogP contribution in [0.25, 0.3) is 0 Å². The number of piperazine rings is 1. The fourth-order valence-electron chi connectivity index (χ4n) is 4.14. The monoisotopic (exact) mass is 252 g/mol. The first-order chi connectivity index (χ1) is 8.49. The van der Waals surface area contributed by atoms with Gasteiger partial charge >= 0.3 is 0 Å². The van der Waals surface area contributed by atoms with Crippen molar-refractivity contribution in [2.75, 3.05) is 13.1 Å². The average molecular weight is 252 g/mol. The normalized spacial score (nSPS) is 29.7. The summed E-state index contributed by atoms with van der Waals surface area (Å²) in [6, 6.07) is 0.680. The Morgan fingerprint density at radius 1 is 1.22 bits per heavy atom. The molecule has 1 aliphatic heterocycles. The molecule has 2 heteroatoms. The second kappa shape index (κ2) is 5.50. The highest BCUT2D eigenvalue weighted by molar-refractivity contribution is 5.02. The molecule has 18 heavy (non-hydrogen) atoms. The molecule has 0 aromatic heterocycles. The molecule has 1 aliphatic carbocycles. The lowest BCUT2D eigenvalue weighted by molar-refractivity contribution is -0.00995. The van der Waals surface area contributed by atoms with Crippen molar-refractivity contribution in [2.45, 2.75) is 89.8 Å². The van der Waals surface area contributed by atoms with Crippen LogP contribution in [-0.2, 0) is 0 Å². The van der Waals surface area contributed by atoms with Crippen molar-refractivity contribution < 1.29 is 0 Å². The van der Waals surface area contributed by atoms with Gasteiger partial charge in [0.05, 0.1) is 0 Å². The third kappa shape index (κ3) is 2.91. The van der Waals surface area contributed by atoms with E-state index in [9.17, 15) is 0 Å². The zero-order valence-corrected chi connectivity index (χ0v) is 12.9. The van der Waals surface area contributed by atoms with Crippen LogP contribution in [0.3, 0.4) is 0 Å². The molecule has 2 rings (SSSR count). The molecule has 1 saturated heterocycles. The highest BCUT2D eigenvalue weighted by atomic mass is 15.3. The van der Waals surface area contributed by atoms with E-state index in [1.165, 1.54) is 58.0 Å². The van der Waals surface area contributed by atoms with E-state index in [0.717, 1.165) is 0 Å². The lowest BCUT2D eigenvalue weighted by atomic mass is 9.78. The molecule has 1 heterocycles. The molecular weight excluding hydrogens is 220 g/mol. The van der Waals surface area contributed by atoms with Gasteiger partial charge in [-0.2, -0.15) is 0 Å². The van der Waals surface area contributed by atoms with Crippen LogP contribution < -0.4 is 5.32 Å². The predicted octanol–water partition coefficient (Wildman–Crippen LogP) is 3.56. The third-order valence-corrected chi connectivity index (χ3v) is 5.23. The van der Waals surface area contributed by atoms with Crippen molar-refractivity contribution in [3.63, 3.8) is 0 Å². The Morgan fingerprint density at radius 3 is 2.50 bits per heavy atom. The molecule has 1 N–H and O–H groups in total. The number of hydrogen-bond donors (Lipinski definition) is 1. The summed E-state index contributed by atoms with van der Waals surface area (Å²) >= 11 is 0. The molecule has 2 aliphatic rings. The number of nitrogens with one attached hydrogen (secondary N) is 1. The predicted molar refractivity (Wildman–Crippen MR) is 79.0 cm³/mol. The van der Waals surface area contributed by atoms with Crippen molar-refractivity contribution in [1.29, 1.82) is 0 Å². The Morgan fingerprint density at radius 2 is 1.89 bits per heavy atom. The van der Waals surface area contributed by atoms with E-state index < -0.39 is 0 Å². The summed E-state index contributed by atoms with van der Waals surface area (Å²) in [5.41, 5.74) is 0.802. The van der Waals surface area contributed by atoms with Crippen LogP contribution >= 0.6 is 0 Å². The van der Waals surface area contributed by atoms with Crippen LogP contribution in [0.4, 0.5) is 0 Å². The minimum Gasteiger partial charge on any atom is -0.308 e. The summed E-state index contributed by atoms with van der Waals surface area (Å²) in [5, 5.41) is 3.89. The molecule has 0 aromatic rings. The standard InChI is InChI=1S/C16H32N2/c1-5-9-15(3,4)18-13-16(17-12-14(18)2)10-7-6-8-11-16/h14,17H,5-13H2,1-4H3. The summed E-state index contributed by atoms with van der Waals surface area (Å²) in [7, 11) is 0. The zero-order chi connectivity index (χ0) is 13.2. The third-order valence-electron chi connectivity index (χ3n) is 5.23. The highest BCUT2D eigenvalue weighted by Gasteiger charge is 2.42. The van der Waals surface area contributed by atoms with E-state index in [4.69, 9.17) is 0 Å². The van der Waals surface area contributed by atoms with Gasteiger partial charge in [-0.3, -0.25) is 4.90 Å². The van der Waals surface area contributed by atoms with Crippen molar-refractivity contribution in [3.8, 4) is 0 Å². The molecule has 1 unspecified atom stereocenters. The Kier molecular flexibility index (Phi) is 4.38. The van der Waals surface area contributed by atoms with Gasteiger partial charge in [-0.1, -0.05) is 32.6 Å². The van der Waals surface area contributed by atoms with Crippen LogP contribution in [0.15, 0.2) is 0 Å². The average Bonchev–Trinajstić information content (AvgIpc) is 2.34. The second-order valence-electron chi connectivity index (χ2n) is 7.26. The quantitative estimate of drug-likeness (QED) is 0.826. The first-order valence-electron chi connectivity index (χ1n) is 8.01. The number of rotatable bonds is 3. The van der Waals surface area contributed by atoms with Gasteiger partial charge in [0.25, 0.3) is 0 Å². The Hall–Kier alpha value is -0.0800. The molecule has 0 aromatic carbocycles. The topological polar surface area (TPSA) is 15.3 Å². The largest absolute Gasteiger partial charge is 0.308 e. The van der Waals surface area contributed by atoms with Crippen molar-refractivity contribution in [2.24, 2.45) is 0 Å². The highest BCUT2D eigenvalue weighted by Crippen LogP contribution is 2.35. The van der Waals surface area contributed by atoms with Gasteiger partial charge in [0.15, 0.2) is 0 Å². The maximum atomic E-state index is 3.89. The van der Waals surface area contributed by atoms with Gasteiger partial charge < -0.3 is 5.32 Å². The molecule has 2 fully saturated rings. The van der Waals surface area contributed by atoms with Gasteiger partial charge in [0, 0.05) is 30.2 Å². The van der Waals surface area contributed by atoms with E-state index in [1.807, 2.05) is 0 Å². The van der Waals surface area contributed by atoms with E-state index in [1.54, 1.807) is 0 Å². The summed E-state index contributed by atoms with van der Waals surface area (Å²) in [6.07, 6.45) is 9.66. The SMILES string of the molecule is CCCC(C)(C)N1CC2(CCCCC2)NCC1C. The number of hydrogen-bond acceptors (Lipinski definition) is 2. The van der Waals surface area contributed by atoms with Crippen LogP contribution in [0, 0.1) is 0 Å². The maximum absolute atomic E-state index is 3.89. The van der Waals surface area contributed by atoms with Crippen LogP contribution in [-0.4, -0.2) is 35.1 Å². The van der Waals surface area contributed by atoms with E-state index in [0.29, 0.717) is 17.1 Å². The molecule has 0 amide bonds. The van der Waals surface area contributed by atoms with E-state index >= 15 is 0 Å². The van der Waals surface area contributed by atoms with Crippen LogP contribution in [0.2, 0.25) is 0 Å². The molecule has 1 spiro atoms. The van der Waals surface area contributed by atoms with Crippen molar-refractivity contribution in [1.82, 2.24) is 10.2 Å². The molecule has 2 nitrogen and oxygen atoms in total. The smallest absolute Gasteiger partial charge is 0.0309 e. The summed E-state index contributed by atoms with van der Waals surface area (Å²) in [5.74, 6) is 0. The van der Waals surface area contributed by atoms with Crippen molar-refractivity contribution >= 4 is 0 Å². The van der Waals surface area contributed by atoms with Crippen LogP contribution in [0.5, 0.6) is 0 Å². The summed E-state index contributed by atoms with van der Waals surface area (Å²) < 4.78 is 0. The summed E-state index contributed by atoms with van der Waals surface area (Å²) in [4.78, 5) is 2.79. The molecule has 106 valence electrons. The van der Waals surface area contributed by atoms with Crippen molar-refractivity contribution in [3.05, 3.63) is 0 Å². The Balaban J connectivity index is 2.08. The fraction of sp³-hybridized carbons (Fsp3) is 1.00.